The maximum Gasteiger partial charge on any atom is 0.322 e. The summed E-state index contributed by atoms with van der Waals surface area (Å²) in [5, 5.41) is 13.0. The summed E-state index contributed by atoms with van der Waals surface area (Å²) < 4.78 is 15.5. The molecule has 0 unspecified atom stereocenters. The van der Waals surface area contributed by atoms with Gasteiger partial charge < -0.3 is 9.88 Å². The van der Waals surface area contributed by atoms with E-state index in [9.17, 15) is 14.0 Å². The Kier molecular flexibility index (Phi) is 5.61. The van der Waals surface area contributed by atoms with Crippen molar-refractivity contribution in [1.82, 2.24) is 15.2 Å². The number of carbonyl (C=O) groups excluding carboxylic acids is 2. The second kappa shape index (κ2) is 7.34. The number of pyridine rings is 1. The number of halogens is 2. The monoisotopic (exact) mass is 456 g/mol. The van der Waals surface area contributed by atoms with Gasteiger partial charge in [0.05, 0.1) is 6.54 Å². The molecule has 1 aromatic rings. The van der Waals surface area contributed by atoms with E-state index >= 15 is 0 Å². The minimum atomic E-state index is -1.40. The Morgan fingerprint density at radius 3 is 2.76 bits per heavy atom. The Balaban J connectivity index is 2.57. The second-order valence-corrected chi connectivity index (χ2v) is 6.87. The Morgan fingerprint density at radius 1 is 1.52 bits per heavy atom. The molecule has 1 fully saturated rings. The van der Waals surface area contributed by atoms with Crippen molar-refractivity contribution in [3.63, 3.8) is 0 Å². The van der Waals surface area contributed by atoms with Crippen LogP contribution in [-0.2, 0) is 11.3 Å². The molecule has 0 aliphatic carbocycles. The van der Waals surface area contributed by atoms with E-state index in [-0.39, 0.29) is 15.6 Å². The van der Waals surface area contributed by atoms with E-state index in [1.165, 1.54) is 6.08 Å². The predicted molar refractivity (Wildman–Crippen MR) is 101 cm³/mol. The topological polar surface area (TPSA) is 87.0 Å². The molecule has 0 saturated carbocycles. The number of rotatable bonds is 5. The molecular formula is C17H18FIN4O2. The summed E-state index contributed by atoms with van der Waals surface area (Å²) in [6.07, 6.45) is 4.22. The molecule has 8 heteroatoms. The van der Waals surface area contributed by atoms with E-state index in [2.05, 4.69) is 17.2 Å². The number of allylic oxidation sites excluding steroid dienone is 4. The molecule has 1 aliphatic rings. The van der Waals surface area contributed by atoms with Crippen LogP contribution in [0.4, 0.5) is 9.18 Å². The zero-order valence-electron chi connectivity index (χ0n) is 13.8. The van der Waals surface area contributed by atoms with Gasteiger partial charge in [-0.25, -0.2) is 9.18 Å². The molecule has 2 rings (SSSR count). The Morgan fingerprint density at radius 2 is 2.20 bits per heavy atom. The van der Waals surface area contributed by atoms with Crippen molar-refractivity contribution in [1.29, 1.82) is 5.41 Å². The van der Waals surface area contributed by atoms with Crippen LogP contribution in [0.1, 0.15) is 12.5 Å². The minimum absolute atomic E-state index is 0.0209. The number of amides is 3. The maximum absolute atomic E-state index is 13.7. The van der Waals surface area contributed by atoms with E-state index in [4.69, 9.17) is 5.41 Å². The van der Waals surface area contributed by atoms with Gasteiger partial charge in [0.2, 0.25) is 0 Å². The number of hydrogen-bond donors (Lipinski definition) is 3. The zero-order chi connectivity index (χ0) is 18.8. The summed E-state index contributed by atoms with van der Waals surface area (Å²) in [4.78, 5) is 24.3. The van der Waals surface area contributed by atoms with Crippen LogP contribution >= 0.6 is 22.6 Å². The van der Waals surface area contributed by atoms with E-state index in [1.807, 2.05) is 0 Å². The number of aryl methyl sites for hydroxylation is 1. The van der Waals surface area contributed by atoms with Crippen molar-refractivity contribution >= 4 is 34.5 Å². The first-order valence-corrected chi connectivity index (χ1v) is 8.50. The molecule has 2 heterocycles. The molecule has 3 N–H and O–H groups in total. The van der Waals surface area contributed by atoms with Crippen molar-refractivity contribution in [2.75, 3.05) is 0 Å². The van der Waals surface area contributed by atoms with Crippen LogP contribution in [0.2, 0.25) is 0 Å². The van der Waals surface area contributed by atoms with Gasteiger partial charge in [-0.05, 0) is 65.8 Å². The predicted octanol–water partition coefficient (Wildman–Crippen LogP) is 2.60. The molecule has 3 amide bonds. The molecule has 132 valence electrons. The molecule has 1 atom stereocenters. The molecule has 0 aromatic carbocycles. The third kappa shape index (κ3) is 3.73. The van der Waals surface area contributed by atoms with Crippen LogP contribution in [-0.4, -0.2) is 22.0 Å². The number of urea groups is 1. The number of imide groups is 1. The standard InChI is InChI=1S/C17H18FIN4O2/c1-4-12(18)13(19)8-11(3)17(15(24)21-16(25)22-17)9-23-7-5-6-10(2)14(23)20/h4-8,20H,1,9H2,2-3H3,(H2,21,22,24,25)/b11-8+,13-12-,20-14?/t17-/m0/s1. The third-order valence-corrected chi connectivity index (χ3v) is 4.87. The van der Waals surface area contributed by atoms with Crippen LogP contribution in [0.15, 0.2) is 52.0 Å². The molecule has 25 heavy (non-hydrogen) atoms. The van der Waals surface area contributed by atoms with Crippen LogP contribution in [0.5, 0.6) is 0 Å². The van der Waals surface area contributed by atoms with Crippen LogP contribution in [0.25, 0.3) is 0 Å². The molecule has 1 saturated heterocycles. The van der Waals surface area contributed by atoms with Gasteiger partial charge in [0.1, 0.15) is 11.3 Å². The van der Waals surface area contributed by atoms with Crippen LogP contribution in [0.3, 0.4) is 0 Å². The van der Waals surface area contributed by atoms with Crippen molar-refractivity contribution in [3.05, 3.63) is 63.1 Å². The molecular weight excluding hydrogens is 438 g/mol. The highest BCUT2D eigenvalue weighted by molar-refractivity contribution is 14.1. The van der Waals surface area contributed by atoms with Gasteiger partial charge in [0.15, 0.2) is 5.54 Å². The van der Waals surface area contributed by atoms with Crippen LogP contribution in [0, 0.1) is 12.3 Å². The SMILES string of the molecule is C=C/C(F)=C(I)\C=C(/C)[C@]1(Cn2cccc(C)c2=N)NC(=O)NC1=O. The summed E-state index contributed by atoms with van der Waals surface area (Å²) in [6, 6.07) is 2.92. The Hall–Kier alpha value is -2.23. The highest BCUT2D eigenvalue weighted by atomic mass is 127. The second-order valence-electron chi connectivity index (χ2n) is 5.71. The lowest BCUT2D eigenvalue weighted by atomic mass is 9.89. The first-order valence-electron chi connectivity index (χ1n) is 7.42. The van der Waals surface area contributed by atoms with Crippen LogP contribution < -0.4 is 16.1 Å². The third-order valence-electron chi connectivity index (χ3n) is 4.05. The maximum atomic E-state index is 13.7. The highest BCUT2D eigenvalue weighted by Crippen LogP contribution is 2.27. The van der Waals surface area contributed by atoms with Gasteiger partial charge in [0, 0.05) is 9.78 Å². The van der Waals surface area contributed by atoms with Gasteiger partial charge in [0.25, 0.3) is 5.91 Å². The lowest BCUT2D eigenvalue weighted by Crippen LogP contribution is -2.53. The quantitative estimate of drug-likeness (QED) is 0.362. The van der Waals surface area contributed by atoms with Gasteiger partial charge in [-0.2, -0.15) is 0 Å². The summed E-state index contributed by atoms with van der Waals surface area (Å²) in [5.41, 5.74) is 0.0106. The molecule has 1 aromatic heterocycles. The van der Waals surface area contributed by atoms with E-state index in [0.29, 0.717) is 5.57 Å². The number of nitrogens with zero attached hydrogens (tertiary/aromatic N) is 1. The minimum Gasteiger partial charge on any atom is -0.330 e. The summed E-state index contributed by atoms with van der Waals surface area (Å²) in [7, 11) is 0. The normalized spacial score (nSPS) is 21.5. The summed E-state index contributed by atoms with van der Waals surface area (Å²) in [6.45, 7) is 6.82. The highest BCUT2D eigenvalue weighted by Gasteiger charge is 2.48. The molecule has 0 bridgehead atoms. The fourth-order valence-corrected chi connectivity index (χ4v) is 3.23. The first kappa shape index (κ1) is 19.1. The fourth-order valence-electron chi connectivity index (χ4n) is 2.54. The molecule has 1 aliphatic heterocycles. The van der Waals surface area contributed by atoms with Gasteiger partial charge >= 0.3 is 6.03 Å². The summed E-state index contributed by atoms with van der Waals surface area (Å²) >= 11 is 1.80. The fraction of sp³-hybridized carbons (Fsp3) is 0.235. The van der Waals surface area contributed by atoms with Gasteiger partial charge in [-0.15, -0.1) is 0 Å². The molecule has 0 spiro atoms. The van der Waals surface area contributed by atoms with Crippen molar-refractivity contribution < 1.29 is 14.0 Å². The summed E-state index contributed by atoms with van der Waals surface area (Å²) in [5.74, 6) is -1.06. The molecule has 0 radical (unpaired) electrons. The largest absolute Gasteiger partial charge is 0.330 e. The zero-order valence-corrected chi connectivity index (χ0v) is 16.0. The van der Waals surface area contributed by atoms with E-state index in [1.54, 1.807) is 59.3 Å². The first-order chi connectivity index (χ1) is 11.7. The van der Waals surface area contributed by atoms with Crippen molar-refractivity contribution in [2.24, 2.45) is 0 Å². The van der Waals surface area contributed by atoms with E-state index < -0.39 is 23.3 Å². The lowest BCUT2D eigenvalue weighted by molar-refractivity contribution is -0.123. The van der Waals surface area contributed by atoms with Crippen molar-refractivity contribution in [3.8, 4) is 0 Å². The molecule has 6 nitrogen and oxygen atoms in total. The average molecular weight is 456 g/mol. The average Bonchev–Trinajstić information content (AvgIpc) is 2.85. The smallest absolute Gasteiger partial charge is 0.322 e. The number of nitrogens with one attached hydrogen (secondary N) is 3. The Bertz CT molecular complexity index is 872. The number of carbonyl (C=O) groups is 2. The lowest BCUT2D eigenvalue weighted by Gasteiger charge is -2.28. The number of aromatic nitrogens is 1. The van der Waals surface area contributed by atoms with Gasteiger partial charge in [-0.1, -0.05) is 12.6 Å². The Labute approximate surface area is 158 Å². The van der Waals surface area contributed by atoms with E-state index in [0.717, 1.165) is 11.6 Å². The van der Waals surface area contributed by atoms with Crippen molar-refractivity contribution in [2.45, 2.75) is 25.9 Å². The van der Waals surface area contributed by atoms with Gasteiger partial charge in [-0.3, -0.25) is 15.5 Å². The number of hydrogen-bond acceptors (Lipinski definition) is 3.